The molecule has 0 unspecified atom stereocenters. The molecule has 0 bridgehead atoms. The molecule has 7 nitrogen and oxygen atoms in total. The Bertz CT molecular complexity index is 545. The van der Waals surface area contributed by atoms with Crippen molar-refractivity contribution >= 4 is 11.9 Å². The summed E-state index contributed by atoms with van der Waals surface area (Å²) in [6.45, 7) is 0.523. The van der Waals surface area contributed by atoms with Gasteiger partial charge in [0.15, 0.2) is 0 Å². The maximum Gasteiger partial charge on any atom is 0.329 e. The van der Waals surface area contributed by atoms with Crippen molar-refractivity contribution in [2.24, 2.45) is 0 Å². The second kappa shape index (κ2) is 5.23. The minimum Gasteiger partial charge on any atom is -0.480 e. The Morgan fingerprint density at radius 1 is 1.37 bits per heavy atom. The fourth-order valence-electron chi connectivity index (χ4n) is 2.00. The van der Waals surface area contributed by atoms with E-state index in [-0.39, 0.29) is 31.6 Å². The van der Waals surface area contributed by atoms with Crippen LogP contribution < -0.4 is 10.9 Å². The van der Waals surface area contributed by atoms with Crippen LogP contribution >= 0.6 is 0 Å². The van der Waals surface area contributed by atoms with Gasteiger partial charge in [-0.1, -0.05) is 0 Å². The molecule has 1 aromatic rings. The maximum atomic E-state index is 12.0. The monoisotopic (exact) mass is 266 g/mol. The summed E-state index contributed by atoms with van der Waals surface area (Å²) < 4.78 is 5.10. The minimum atomic E-state index is -1.36. The van der Waals surface area contributed by atoms with E-state index in [1.165, 1.54) is 18.3 Å². The lowest BCUT2D eigenvalue weighted by molar-refractivity contribution is -0.148. The standard InChI is InChI=1S/C12H14N2O5/c15-9-8(2-1-5-13-9)10(16)14-12(11(17)18)3-6-19-7-4-12/h1-2,5H,3-4,6-7H2,(H,13,15)(H,14,16)(H,17,18). The van der Waals surface area contributed by atoms with Crippen molar-refractivity contribution in [3.05, 3.63) is 34.2 Å². The van der Waals surface area contributed by atoms with Gasteiger partial charge in [0.05, 0.1) is 0 Å². The summed E-state index contributed by atoms with van der Waals surface area (Å²) in [6, 6.07) is 2.86. The second-order valence-corrected chi connectivity index (χ2v) is 4.37. The molecule has 1 saturated heterocycles. The van der Waals surface area contributed by atoms with Gasteiger partial charge < -0.3 is 20.1 Å². The van der Waals surface area contributed by atoms with Crippen molar-refractivity contribution in [3.63, 3.8) is 0 Å². The van der Waals surface area contributed by atoms with E-state index in [9.17, 15) is 19.5 Å². The molecule has 1 aromatic heterocycles. The molecule has 0 saturated carbocycles. The van der Waals surface area contributed by atoms with Crippen LogP contribution in [0.4, 0.5) is 0 Å². The zero-order valence-corrected chi connectivity index (χ0v) is 10.1. The molecule has 3 N–H and O–H groups in total. The first kappa shape index (κ1) is 13.3. The lowest BCUT2D eigenvalue weighted by Gasteiger charge is -2.33. The fourth-order valence-corrected chi connectivity index (χ4v) is 2.00. The molecule has 2 rings (SSSR count). The normalized spacial score (nSPS) is 17.7. The molecule has 0 aliphatic carbocycles. The van der Waals surface area contributed by atoms with Gasteiger partial charge in [-0.05, 0) is 12.1 Å². The number of ether oxygens (including phenoxy) is 1. The molecule has 2 heterocycles. The Balaban J connectivity index is 2.23. The van der Waals surface area contributed by atoms with Gasteiger partial charge in [-0.15, -0.1) is 0 Å². The summed E-state index contributed by atoms with van der Waals surface area (Å²) in [4.78, 5) is 37.2. The van der Waals surface area contributed by atoms with Crippen LogP contribution in [0.5, 0.6) is 0 Å². The number of aliphatic carboxylic acids is 1. The van der Waals surface area contributed by atoms with Crippen LogP contribution in [-0.2, 0) is 9.53 Å². The number of carbonyl (C=O) groups excluding carboxylic acids is 1. The van der Waals surface area contributed by atoms with Crippen molar-refractivity contribution in [2.45, 2.75) is 18.4 Å². The average Bonchev–Trinajstić information content (AvgIpc) is 2.40. The van der Waals surface area contributed by atoms with E-state index in [1.54, 1.807) is 0 Å². The molecule has 0 atom stereocenters. The summed E-state index contributed by atoms with van der Waals surface area (Å²) >= 11 is 0. The second-order valence-electron chi connectivity index (χ2n) is 4.37. The molecular formula is C12H14N2O5. The predicted octanol–water partition coefficient (Wildman–Crippen LogP) is -0.262. The van der Waals surface area contributed by atoms with Crippen LogP contribution in [0.1, 0.15) is 23.2 Å². The van der Waals surface area contributed by atoms with Crippen LogP contribution in [0.25, 0.3) is 0 Å². The predicted molar refractivity (Wildman–Crippen MR) is 64.9 cm³/mol. The molecule has 1 aliphatic heterocycles. The van der Waals surface area contributed by atoms with Crippen LogP contribution in [0.15, 0.2) is 23.1 Å². The summed E-state index contributed by atoms with van der Waals surface area (Å²) in [5.41, 5.74) is -2.01. The summed E-state index contributed by atoms with van der Waals surface area (Å²) in [5, 5.41) is 11.7. The zero-order valence-electron chi connectivity index (χ0n) is 10.1. The summed E-state index contributed by atoms with van der Waals surface area (Å²) in [7, 11) is 0. The van der Waals surface area contributed by atoms with Crippen molar-refractivity contribution in [2.75, 3.05) is 13.2 Å². The third-order valence-corrected chi connectivity index (χ3v) is 3.17. The number of aromatic nitrogens is 1. The smallest absolute Gasteiger partial charge is 0.329 e. The largest absolute Gasteiger partial charge is 0.480 e. The zero-order chi connectivity index (χ0) is 13.9. The van der Waals surface area contributed by atoms with Crippen LogP contribution in [0.3, 0.4) is 0 Å². The third kappa shape index (κ3) is 2.65. The van der Waals surface area contributed by atoms with Crippen LogP contribution in [0, 0.1) is 0 Å². The first-order valence-electron chi connectivity index (χ1n) is 5.86. The number of carbonyl (C=O) groups is 2. The van der Waals surface area contributed by atoms with Gasteiger partial charge in [0.1, 0.15) is 11.1 Å². The fraction of sp³-hybridized carbons (Fsp3) is 0.417. The number of carboxylic acids is 1. The van der Waals surface area contributed by atoms with Gasteiger partial charge in [-0.25, -0.2) is 4.79 Å². The first-order valence-corrected chi connectivity index (χ1v) is 5.86. The molecular weight excluding hydrogens is 252 g/mol. The molecule has 19 heavy (non-hydrogen) atoms. The molecule has 0 radical (unpaired) electrons. The molecule has 1 amide bonds. The molecule has 102 valence electrons. The van der Waals surface area contributed by atoms with E-state index >= 15 is 0 Å². The van der Waals surface area contributed by atoms with E-state index in [1.807, 2.05) is 0 Å². The number of H-pyrrole nitrogens is 1. The van der Waals surface area contributed by atoms with Crippen LogP contribution in [0.2, 0.25) is 0 Å². The number of rotatable bonds is 3. The highest BCUT2D eigenvalue weighted by Crippen LogP contribution is 2.21. The van der Waals surface area contributed by atoms with Crippen molar-refractivity contribution < 1.29 is 19.4 Å². The molecule has 7 heteroatoms. The van der Waals surface area contributed by atoms with E-state index in [4.69, 9.17) is 4.74 Å². The lowest BCUT2D eigenvalue weighted by atomic mass is 9.90. The number of amides is 1. The first-order chi connectivity index (χ1) is 9.05. The molecule has 0 aromatic carbocycles. The Labute approximate surface area is 108 Å². The van der Waals surface area contributed by atoms with Gasteiger partial charge in [-0.2, -0.15) is 0 Å². The van der Waals surface area contributed by atoms with Crippen molar-refractivity contribution in [3.8, 4) is 0 Å². The lowest BCUT2D eigenvalue weighted by Crippen LogP contribution is -2.58. The highest BCUT2D eigenvalue weighted by Gasteiger charge is 2.42. The topological polar surface area (TPSA) is 108 Å². The van der Waals surface area contributed by atoms with Gasteiger partial charge in [0, 0.05) is 32.3 Å². The van der Waals surface area contributed by atoms with E-state index in [2.05, 4.69) is 10.3 Å². The van der Waals surface area contributed by atoms with Crippen molar-refractivity contribution in [1.82, 2.24) is 10.3 Å². The minimum absolute atomic E-state index is 0.102. The van der Waals surface area contributed by atoms with Gasteiger partial charge in [-0.3, -0.25) is 9.59 Å². The molecule has 1 aliphatic rings. The SMILES string of the molecule is O=C(NC1(C(=O)O)CCOCC1)c1ccc[nH]c1=O. The van der Waals surface area contributed by atoms with Gasteiger partial charge in [0.25, 0.3) is 11.5 Å². The highest BCUT2D eigenvalue weighted by molar-refractivity contribution is 5.97. The maximum absolute atomic E-state index is 12.0. The Kier molecular flexibility index (Phi) is 3.66. The number of hydrogen-bond acceptors (Lipinski definition) is 4. The number of aromatic amines is 1. The number of nitrogens with one attached hydrogen (secondary N) is 2. The van der Waals surface area contributed by atoms with E-state index in [0.717, 1.165) is 0 Å². The van der Waals surface area contributed by atoms with Crippen molar-refractivity contribution in [1.29, 1.82) is 0 Å². The Hall–Kier alpha value is -2.15. The van der Waals surface area contributed by atoms with Gasteiger partial charge in [0.2, 0.25) is 0 Å². The summed E-state index contributed by atoms with van der Waals surface area (Å²) in [6.07, 6.45) is 1.76. The Morgan fingerprint density at radius 2 is 2.05 bits per heavy atom. The van der Waals surface area contributed by atoms with Crippen LogP contribution in [-0.4, -0.2) is 40.7 Å². The number of hydrogen-bond donors (Lipinski definition) is 3. The summed E-state index contributed by atoms with van der Waals surface area (Å²) in [5.74, 6) is -1.80. The van der Waals surface area contributed by atoms with E-state index in [0.29, 0.717) is 0 Å². The average molecular weight is 266 g/mol. The Morgan fingerprint density at radius 3 is 2.63 bits per heavy atom. The number of pyridine rings is 1. The number of carboxylic acid groups (broad SMARTS) is 1. The molecule has 0 spiro atoms. The quantitative estimate of drug-likeness (QED) is 0.698. The highest BCUT2D eigenvalue weighted by atomic mass is 16.5. The molecule has 1 fully saturated rings. The van der Waals surface area contributed by atoms with E-state index < -0.39 is 23.0 Å². The third-order valence-electron chi connectivity index (χ3n) is 3.17. The van der Waals surface area contributed by atoms with Gasteiger partial charge >= 0.3 is 5.97 Å².